The first kappa shape index (κ1) is 16.8. The van der Waals surface area contributed by atoms with E-state index in [2.05, 4.69) is 47.9 Å². The van der Waals surface area contributed by atoms with Gasteiger partial charge in [0, 0.05) is 34.8 Å². The van der Waals surface area contributed by atoms with E-state index < -0.39 is 12.1 Å². The van der Waals surface area contributed by atoms with Crippen molar-refractivity contribution in [2.24, 2.45) is 5.73 Å². The Morgan fingerprint density at radius 1 is 0.885 bits per heavy atom. The van der Waals surface area contributed by atoms with Crippen LogP contribution < -0.4 is 5.73 Å². The maximum absolute atomic E-state index is 10.6. The summed E-state index contributed by atoms with van der Waals surface area (Å²) in [5.41, 5.74) is 10.9. The molecule has 0 unspecified atom stereocenters. The first-order valence-electron chi connectivity index (χ1n) is 9.17. The van der Waals surface area contributed by atoms with Crippen LogP contribution in [0.4, 0.5) is 0 Å². The molecular weight excluding hydrogens is 320 g/mol. The van der Waals surface area contributed by atoms with Crippen LogP contribution in [0.15, 0.2) is 72.8 Å². The number of aliphatic hydroxyl groups is 1. The molecule has 4 aromatic rings. The molecule has 0 aliphatic carbocycles. The Morgan fingerprint density at radius 2 is 1.58 bits per heavy atom. The van der Waals surface area contributed by atoms with Gasteiger partial charge in [0.05, 0.1) is 12.1 Å². The highest BCUT2D eigenvalue weighted by atomic mass is 16.3. The Labute approximate surface area is 153 Å². The van der Waals surface area contributed by atoms with E-state index in [1.165, 1.54) is 21.8 Å². The summed E-state index contributed by atoms with van der Waals surface area (Å²) in [5, 5.41) is 13.1. The van der Waals surface area contributed by atoms with Crippen LogP contribution in [0.1, 0.15) is 24.1 Å². The minimum absolute atomic E-state index is 0.414. The molecule has 0 aliphatic rings. The number of para-hydroxylation sites is 1. The molecule has 1 aromatic heterocycles. The summed E-state index contributed by atoms with van der Waals surface area (Å²) in [6.45, 7) is 3.08. The number of benzene rings is 3. The molecule has 0 saturated heterocycles. The largest absolute Gasteiger partial charge is 0.391 e. The number of nitrogens with two attached hydrogens (primary N) is 1. The number of fused-ring (bicyclic) bond motifs is 3. The summed E-state index contributed by atoms with van der Waals surface area (Å²) in [7, 11) is 0. The normalized spacial score (nSPS) is 14.0. The number of hydrogen-bond donors (Lipinski definition) is 2. The van der Waals surface area contributed by atoms with Gasteiger partial charge in [0.2, 0.25) is 0 Å². The lowest BCUT2D eigenvalue weighted by Crippen LogP contribution is -2.28. The number of aromatic nitrogens is 1. The van der Waals surface area contributed by atoms with Gasteiger partial charge in [-0.3, -0.25) is 0 Å². The molecule has 0 saturated carbocycles. The summed E-state index contributed by atoms with van der Waals surface area (Å²) in [5.74, 6) is 0. The topological polar surface area (TPSA) is 51.2 Å². The van der Waals surface area contributed by atoms with Crippen LogP contribution in [0.2, 0.25) is 0 Å². The smallest absolute Gasteiger partial charge is 0.0773 e. The van der Waals surface area contributed by atoms with Gasteiger partial charge in [-0.05, 0) is 36.2 Å². The van der Waals surface area contributed by atoms with Crippen molar-refractivity contribution in [3.05, 3.63) is 83.9 Å². The first-order chi connectivity index (χ1) is 12.7. The average molecular weight is 344 g/mol. The Balaban J connectivity index is 1.71. The fourth-order valence-electron chi connectivity index (χ4n) is 3.82. The fraction of sp³-hybridized carbons (Fsp3) is 0.217. The molecule has 0 spiro atoms. The Hall–Kier alpha value is -2.62. The molecule has 0 amide bonds. The molecule has 4 rings (SSSR count). The Kier molecular flexibility index (Phi) is 4.49. The third kappa shape index (κ3) is 2.90. The van der Waals surface area contributed by atoms with Gasteiger partial charge in [0.1, 0.15) is 0 Å². The highest BCUT2D eigenvalue weighted by Gasteiger charge is 2.19. The van der Waals surface area contributed by atoms with Crippen molar-refractivity contribution in [3.63, 3.8) is 0 Å². The summed E-state index contributed by atoms with van der Waals surface area (Å²) >= 11 is 0. The summed E-state index contributed by atoms with van der Waals surface area (Å²) in [6, 6.07) is 24.3. The van der Waals surface area contributed by atoms with Gasteiger partial charge in [-0.2, -0.15) is 0 Å². The highest BCUT2D eigenvalue weighted by Crippen LogP contribution is 2.31. The van der Waals surface area contributed by atoms with E-state index in [1.807, 2.05) is 36.4 Å². The quantitative estimate of drug-likeness (QED) is 0.563. The second-order valence-electron chi connectivity index (χ2n) is 6.82. The van der Waals surface area contributed by atoms with Crippen molar-refractivity contribution in [3.8, 4) is 0 Å². The maximum atomic E-state index is 10.6. The van der Waals surface area contributed by atoms with Gasteiger partial charge in [0.15, 0.2) is 0 Å². The van der Waals surface area contributed by atoms with Gasteiger partial charge >= 0.3 is 0 Å². The first-order valence-corrected chi connectivity index (χ1v) is 9.17. The van der Waals surface area contributed by atoms with Gasteiger partial charge in [-0.15, -0.1) is 0 Å². The van der Waals surface area contributed by atoms with Crippen molar-refractivity contribution in [1.29, 1.82) is 0 Å². The van der Waals surface area contributed by atoms with Crippen molar-refractivity contribution in [1.82, 2.24) is 4.57 Å². The van der Waals surface area contributed by atoms with Crippen LogP contribution in [0.3, 0.4) is 0 Å². The molecule has 3 nitrogen and oxygen atoms in total. The standard InChI is InChI=1S/C23H24N2O/c1-2-25-20-11-7-6-10-18(20)19-15-17(12-13-21(19)25)23(24)22(26)14-16-8-4-3-5-9-16/h3-13,15,22-23,26H,2,14,24H2,1H3/t22-,23+/m1/s1. The molecule has 2 atom stereocenters. The van der Waals surface area contributed by atoms with Crippen LogP contribution in [0.5, 0.6) is 0 Å². The minimum Gasteiger partial charge on any atom is -0.391 e. The number of nitrogens with zero attached hydrogens (tertiary/aromatic N) is 1. The third-order valence-corrected chi connectivity index (χ3v) is 5.20. The third-order valence-electron chi connectivity index (χ3n) is 5.20. The van der Waals surface area contributed by atoms with E-state index in [1.54, 1.807) is 0 Å². The average Bonchev–Trinajstić information content (AvgIpc) is 3.01. The SMILES string of the molecule is CCn1c2ccccc2c2cc([C@H](N)[C@H](O)Cc3ccccc3)ccc21. The van der Waals surface area contributed by atoms with Crippen LogP contribution in [0, 0.1) is 0 Å². The predicted molar refractivity (Wildman–Crippen MR) is 108 cm³/mol. The lowest BCUT2D eigenvalue weighted by molar-refractivity contribution is 0.145. The second-order valence-corrected chi connectivity index (χ2v) is 6.82. The second kappa shape index (κ2) is 6.94. The Morgan fingerprint density at radius 3 is 2.35 bits per heavy atom. The van der Waals surface area contributed by atoms with E-state index in [-0.39, 0.29) is 0 Å². The predicted octanol–water partition coefficient (Wildman–Crippen LogP) is 4.42. The summed E-state index contributed by atoms with van der Waals surface area (Å²) in [6.07, 6.45) is -0.0640. The van der Waals surface area contributed by atoms with Crippen molar-refractivity contribution in [2.75, 3.05) is 0 Å². The van der Waals surface area contributed by atoms with Gasteiger partial charge in [0.25, 0.3) is 0 Å². The van der Waals surface area contributed by atoms with E-state index in [0.29, 0.717) is 6.42 Å². The van der Waals surface area contributed by atoms with Gasteiger partial charge < -0.3 is 15.4 Å². The zero-order valence-corrected chi connectivity index (χ0v) is 15.0. The van der Waals surface area contributed by atoms with E-state index >= 15 is 0 Å². The number of aryl methyl sites for hydroxylation is 1. The number of hydrogen-bond acceptors (Lipinski definition) is 2. The molecule has 0 bridgehead atoms. The zero-order chi connectivity index (χ0) is 18.1. The van der Waals surface area contributed by atoms with Crippen LogP contribution in [-0.4, -0.2) is 15.8 Å². The van der Waals surface area contributed by atoms with E-state index in [9.17, 15) is 5.11 Å². The monoisotopic (exact) mass is 344 g/mol. The molecule has 3 heteroatoms. The molecule has 3 aromatic carbocycles. The summed E-state index contributed by atoms with van der Waals surface area (Å²) in [4.78, 5) is 0. The van der Waals surface area contributed by atoms with Crippen molar-refractivity contribution >= 4 is 21.8 Å². The number of rotatable bonds is 5. The van der Waals surface area contributed by atoms with Crippen LogP contribution in [-0.2, 0) is 13.0 Å². The van der Waals surface area contributed by atoms with E-state index in [0.717, 1.165) is 17.7 Å². The van der Waals surface area contributed by atoms with Crippen molar-refractivity contribution < 1.29 is 5.11 Å². The molecule has 26 heavy (non-hydrogen) atoms. The van der Waals surface area contributed by atoms with Gasteiger partial charge in [-0.25, -0.2) is 0 Å². The van der Waals surface area contributed by atoms with Crippen molar-refractivity contribution in [2.45, 2.75) is 32.0 Å². The Bertz CT molecular complexity index is 1040. The lowest BCUT2D eigenvalue weighted by Gasteiger charge is -2.19. The van der Waals surface area contributed by atoms with Crippen LogP contribution in [0.25, 0.3) is 21.8 Å². The molecular formula is C23H24N2O. The van der Waals surface area contributed by atoms with E-state index in [4.69, 9.17) is 5.73 Å². The zero-order valence-electron chi connectivity index (χ0n) is 15.0. The van der Waals surface area contributed by atoms with Gasteiger partial charge in [-0.1, -0.05) is 54.6 Å². The number of aliphatic hydroxyl groups excluding tert-OH is 1. The molecule has 0 fully saturated rings. The molecule has 1 heterocycles. The molecule has 132 valence electrons. The highest BCUT2D eigenvalue weighted by molar-refractivity contribution is 6.08. The molecule has 3 N–H and O–H groups in total. The lowest BCUT2D eigenvalue weighted by atomic mass is 9.95. The molecule has 0 radical (unpaired) electrons. The fourth-order valence-corrected chi connectivity index (χ4v) is 3.82. The molecule has 0 aliphatic heterocycles. The maximum Gasteiger partial charge on any atom is 0.0773 e. The summed E-state index contributed by atoms with van der Waals surface area (Å²) < 4.78 is 2.32. The van der Waals surface area contributed by atoms with Crippen LogP contribution >= 0.6 is 0 Å². The minimum atomic E-state index is -0.616.